The average molecular weight is 347 g/mol. The van der Waals surface area contributed by atoms with Gasteiger partial charge in [0, 0.05) is 12.3 Å². The lowest BCUT2D eigenvalue weighted by Gasteiger charge is -2.21. The standard InChI is InChI=1S/C17H18FN3O4/c18-12-5-4-11(9-13(12)19-17(24)25)14(6-3-10-1-2-10)21-8-7-15(22)20-16(21)23/h4-5,7-10,14,19H,1-3,6H2,(H,24,25)(H,20,22,23). The van der Waals surface area contributed by atoms with Crippen molar-refractivity contribution in [3.63, 3.8) is 0 Å². The molecular formula is C17H18FN3O4. The Morgan fingerprint density at radius 3 is 2.76 bits per heavy atom. The number of amides is 1. The second kappa shape index (κ2) is 6.92. The van der Waals surface area contributed by atoms with E-state index in [2.05, 4.69) is 4.98 Å². The summed E-state index contributed by atoms with van der Waals surface area (Å²) in [6.45, 7) is 0. The predicted octanol–water partition coefficient (Wildman–Crippen LogP) is 2.55. The van der Waals surface area contributed by atoms with Crippen LogP contribution in [0.15, 0.2) is 40.1 Å². The molecule has 1 atom stereocenters. The summed E-state index contributed by atoms with van der Waals surface area (Å²) < 4.78 is 15.2. The summed E-state index contributed by atoms with van der Waals surface area (Å²) in [6, 6.07) is 4.92. The first-order valence-corrected chi connectivity index (χ1v) is 8.05. The number of aromatic nitrogens is 2. The van der Waals surface area contributed by atoms with Crippen molar-refractivity contribution in [3.05, 3.63) is 62.7 Å². The zero-order valence-corrected chi connectivity index (χ0v) is 13.4. The molecule has 1 aliphatic carbocycles. The van der Waals surface area contributed by atoms with Gasteiger partial charge in [-0.15, -0.1) is 0 Å². The van der Waals surface area contributed by atoms with Crippen LogP contribution in [0.3, 0.4) is 0 Å². The summed E-state index contributed by atoms with van der Waals surface area (Å²) in [5.41, 5.74) is -0.612. The lowest BCUT2D eigenvalue weighted by molar-refractivity contribution is 0.209. The van der Waals surface area contributed by atoms with Crippen LogP contribution in [0, 0.1) is 11.7 Å². The molecular weight excluding hydrogens is 329 g/mol. The van der Waals surface area contributed by atoms with E-state index in [0.717, 1.165) is 19.3 Å². The fourth-order valence-electron chi connectivity index (χ4n) is 2.90. The smallest absolute Gasteiger partial charge is 0.409 e. The summed E-state index contributed by atoms with van der Waals surface area (Å²) in [5.74, 6) is -0.0704. The molecule has 132 valence electrons. The largest absolute Gasteiger partial charge is 0.465 e. The quantitative estimate of drug-likeness (QED) is 0.747. The molecule has 1 aliphatic rings. The molecule has 1 saturated carbocycles. The van der Waals surface area contributed by atoms with Gasteiger partial charge in [0.05, 0.1) is 11.7 Å². The number of anilines is 1. The van der Waals surface area contributed by atoms with Crippen LogP contribution in [-0.4, -0.2) is 20.8 Å². The number of hydrogen-bond donors (Lipinski definition) is 3. The van der Waals surface area contributed by atoms with E-state index in [1.54, 1.807) is 0 Å². The maximum absolute atomic E-state index is 13.8. The Labute approximate surface area is 142 Å². The van der Waals surface area contributed by atoms with E-state index in [0.29, 0.717) is 17.9 Å². The van der Waals surface area contributed by atoms with Crippen LogP contribution >= 0.6 is 0 Å². The summed E-state index contributed by atoms with van der Waals surface area (Å²) in [6.07, 6.45) is 3.88. The van der Waals surface area contributed by atoms with Crippen molar-refractivity contribution in [2.75, 3.05) is 5.32 Å². The number of benzene rings is 1. The predicted molar refractivity (Wildman–Crippen MR) is 89.5 cm³/mol. The van der Waals surface area contributed by atoms with Gasteiger partial charge in [0.1, 0.15) is 5.82 Å². The first-order chi connectivity index (χ1) is 11.9. The third kappa shape index (κ3) is 4.14. The normalized spacial score (nSPS) is 14.9. The lowest BCUT2D eigenvalue weighted by atomic mass is 9.99. The van der Waals surface area contributed by atoms with Gasteiger partial charge in [-0.1, -0.05) is 18.9 Å². The number of aromatic amines is 1. The first-order valence-electron chi connectivity index (χ1n) is 8.05. The molecule has 1 fully saturated rings. The van der Waals surface area contributed by atoms with Crippen molar-refractivity contribution in [1.82, 2.24) is 9.55 Å². The number of halogens is 1. The van der Waals surface area contributed by atoms with Crippen molar-refractivity contribution in [1.29, 1.82) is 0 Å². The zero-order valence-electron chi connectivity index (χ0n) is 13.4. The van der Waals surface area contributed by atoms with E-state index in [1.807, 2.05) is 5.32 Å². The maximum Gasteiger partial charge on any atom is 0.409 e. The van der Waals surface area contributed by atoms with Crippen LogP contribution in [0.2, 0.25) is 0 Å². The maximum atomic E-state index is 13.8. The topological polar surface area (TPSA) is 104 Å². The summed E-state index contributed by atoms with van der Waals surface area (Å²) in [5, 5.41) is 10.8. The van der Waals surface area contributed by atoms with Gasteiger partial charge >= 0.3 is 11.8 Å². The van der Waals surface area contributed by atoms with Gasteiger partial charge in [-0.2, -0.15) is 0 Å². The van der Waals surface area contributed by atoms with Crippen molar-refractivity contribution >= 4 is 11.8 Å². The van der Waals surface area contributed by atoms with E-state index < -0.39 is 29.2 Å². The molecule has 0 saturated heterocycles. The molecule has 1 heterocycles. The highest BCUT2D eigenvalue weighted by molar-refractivity contribution is 5.83. The van der Waals surface area contributed by atoms with Crippen LogP contribution < -0.4 is 16.6 Å². The third-order valence-corrected chi connectivity index (χ3v) is 4.35. The third-order valence-electron chi connectivity index (χ3n) is 4.35. The second-order valence-electron chi connectivity index (χ2n) is 6.22. The number of hydrogen-bond acceptors (Lipinski definition) is 3. The Morgan fingerprint density at radius 1 is 1.36 bits per heavy atom. The SMILES string of the molecule is O=C(O)Nc1cc(C(CCC2CC2)n2ccc(=O)[nH]c2=O)ccc1F. The molecule has 0 aliphatic heterocycles. The molecule has 1 unspecified atom stereocenters. The van der Waals surface area contributed by atoms with Gasteiger partial charge in [0.2, 0.25) is 0 Å². The highest BCUT2D eigenvalue weighted by Crippen LogP contribution is 2.37. The summed E-state index contributed by atoms with van der Waals surface area (Å²) in [7, 11) is 0. The highest BCUT2D eigenvalue weighted by Gasteiger charge is 2.25. The Bertz CT molecular complexity index is 901. The highest BCUT2D eigenvalue weighted by atomic mass is 19.1. The van der Waals surface area contributed by atoms with Crippen LogP contribution in [0.25, 0.3) is 0 Å². The Kier molecular flexibility index (Phi) is 4.69. The van der Waals surface area contributed by atoms with Crippen LogP contribution in [0.4, 0.5) is 14.9 Å². The Balaban J connectivity index is 1.99. The molecule has 3 N–H and O–H groups in total. The van der Waals surface area contributed by atoms with Gasteiger partial charge < -0.3 is 5.11 Å². The van der Waals surface area contributed by atoms with E-state index in [1.165, 1.54) is 35.0 Å². The van der Waals surface area contributed by atoms with Crippen molar-refractivity contribution in [2.24, 2.45) is 5.92 Å². The molecule has 1 aromatic heterocycles. The molecule has 2 aromatic rings. The van der Waals surface area contributed by atoms with E-state index in [9.17, 15) is 18.8 Å². The summed E-state index contributed by atoms with van der Waals surface area (Å²) in [4.78, 5) is 36.5. The molecule has 25 heavy (non-hydrogen) atoms. The molecule has 1 aromatic carbocycles. The number of carboxylic acid groups (broad SMARTS) is 1. The lowest BCUT2D eigenvalue weighted by Crippen LogP contribution is -2.32. The Hall–Kier alpha value is -2.90. The number of rotatable bonds is 6. The van der Waals surface area contributed by atoms with Crippen LogP contribution in [-0.2, 0) is 0 Å². The molecule has 0 bridgehead atoms. The number of H-pyrrole nitrogens is 1. The van der Waals surface area contributed by atoms with Gasteiger partial charge in [-0.3, -0.25) is 19.7 Å². The minimum absolute atomic E-state index is 0.168. The fraction of sp³-hybridized carbons (Fsp3) is 0.353. The van der Waals surface area contributed by atoms with Crippen LogP contribution in [0.5, 0.6) is 0 Å². The molecule has 7 nitrogen and oxygen atoms in total. The van der Waals surface area contributed by atoms with Gasteiger partial charge in [0.25, 0.3) is 5.56 Å². The molecule has 8 heteroatoms. The number of nitrogens with one attached hydrogen (secondary N) is 2. The molecule has 0 spiro atoms. The number of nitrogens with zero attached hydrogens (tertiary/aromatic N) is 1. The van der Waals surface area contributed by atoms with Gasteiger partial charge in [-0.25, -0.2) is 14.0 Å². The molecule has 3 rings (SSSR count). The number of carbonyl (C=O) groups is 1. The second-order valence-corrected chi connectivity index (χ2v) is 6.22. The van der Waals surface area contributed by atoms with Crippen molar-refractivity contribution < 1.29 is 14.3 Å². The molecule has 0 radical (unpaired) electrons. The minimum atomic E-state index is -1.37. The fourth-order valence-corrected chi connectivity index (χ4v) is 2.90. The van der Waals surface area contributed by atoms with E-state index in [4.69, 9.17) is 5.11 Å². The van der Waals surface area contributed by atoms with Crippen LogP contribution in [0.1, 0.15) is 37.3 Å². The van der Waals surface area contributed by atoms with Crippen molar-refractivity contribution in [3.8, 4) is 0 Å². The van der Waals surface area contributed by atoms with E-state index in [-0.39, 0.29) is 5.69 Å². The monoisotopic (exact) mass is 347 g/mol. The van der Waals surface area contributed by atoms with E-state index >= 15 is 0 Å². The first kappa shape index (κ1) is 16.9. The van der Waals surface area contributed by atoms with Crippen molar-refractivity contribution in [2.45, 2.75) is 31.7 Å². The Morgan fingerprint density at radius 2 is 2.12 bits per heavy atom. The van der Waals surface area contributed by atoms with Gasteiger partial charge in [-0.05, 0) is 36.5 Å². The van der Waals surface area contributed by atoms with Gasteiger partial charge in [0.15, 0.2) is 0 Å². The average Bonchev–Trinajstić information content (AvgIpc) is 3.36. The molecule has 1 amide bonds. The summed E-state index contributed by atoms with van der Waals surface area (Å²) >= 11 is 0. The minimum Gasteiger partial charge on any atom is -0.465 e. The zero-order chi connectivity index (χ0) is 18.0.